The zero-order valence-electron chi connectivity index (χ0n) is 20.6. The standard InChI is InChI=1S/C27H29N3O6S/c1-3-35-26(32)23(12-17-15-37-16-28-17)29-25(31)24(14-34-2)30-27(33)36-13-22-20-10-6-4-8-18(20)19-9-5-7-11-21(19)22/h4-11,15-16,22-24H,3,12-14H2,1-2H3,(H,29,31)(H,30,33)/t23?,24-/m0/s1. The van der Waals surface area contributed by atoms with Gasteiger partial charge in [0.2, 0.25) is 5.91 Å². The second-order valence-corrected chi connectivity index (χ2v) is 9.19. The molecule has 0 saturated carbocycles. The van der Waals surface area contributed by atoms with E-state index in [9.17, 15) is 14.4 Å². The molecule has 1 aliphatic rings. The first kappa shape index (κ1) is 26.3. The number of methoxy groups -OCH3 is 1. The van der Waals surface area contributed by atoms with Gasteiger partial charge >= 0.3 is 12.1 Å². The molecule has 2 N–H and O–H groups in total. The highest BCUT2D eigenvalue weighted by Gasteiger charge is 2.31. The van der Waals surface area contributed by atoms with E-state index >= 15 is 0 Å². The van der Waals surface area contributed by atoms with Crippen LogP contribution in [-0.2, 0) is 30.2 Å². The van der Waals surface area contributed by atoms with Crippen LogP contribution < -0.4 is 10.6 Å². The molecule has 1 aromatic heterocycles. The van der Waals surface area contributed by atoms with Crippen LogP contribution in [0.3, 0.4) is 0 Å². The molecule has 194 valence electrons. The van der Waals surface area contributed by atoms with Gasteiger partial charge in [-0.05, 0) is 29.2 Å². The lowest BCUT2D eigenvalue weighted by Crippen LogP contribution is -2.54. The molecule has 4 rings (SSSR count). The number of benzene rings is 2. The van der Waals surface area contributed by atoms with E-state index in [0.717, 1.165) is 22.3 Å². The third-order valence-electron chi connectivity index (χ3n) is 6.07. The van der Waals surface area contributed by atoms with Gasteiger partial charge < -0.3 is 24.8 Å². The van der Waals surface area contributed by atoms with Gasteiger partial charge in [0.15, 0.2) is 0 Å². The number of thiazole rings is 1. The Morgan fingerprint density at radius 3 is 2.24 bits per heavy atom. The summed E-state index contributed by atoms with van der Waals surface area (Å²) in [4.78, 5) is 42.4. The normalized spacial score (nSPS) is 13.7. The number of esters is 1. The van der Waals surface area contributed by atoms with E-state index in [1.807, 2.05) is 36.4 Å². The van der Waals surface area contributed by atoms with E-state index in [2.05, 4.69) is 27.8 Å². The Hall–Kier alpha value is -3.76. The first-order chi connectivity index (χ1) is 18.0. The quantitative estimate of drug-likeness (QED) is 0.371. The largest absolute Gasteiger partial charge is 0.464 e. The fraction of sp³-hybridized carbons (Fsp3) is 0.333. The van der Waals surface area contributed by atoms with Gasteiger partial charge in [-0.3, -0.25) is 4.79 Å². The molecule has 1 heterocycles. The van der Waals surface area contributed by atoms with Crippen LogP contribution >= 0.6 is 11.3 Å². The fourth-order valence-corrected chi connectivity index (χ4v) is 4.96. The summed E-state index contributed by atoms with van der Waals surface area (Å²) in [6.45, 7) is 1.85. The SMILES string of the molecule is CCOC(=O)C(Cc1cscn1)NC(=O)[C@H](COC)NC(=O)OCC1c2ccccc2-c2ccccc21. The van der Waals surface area contributed by atoms with Gasteiger partial charge in [-0.1, -0.05) is 48.5 Å². The first-order valence-corrected chi connectivity index (χ1v) is 12.9. The van der Waals surface area contributed by atoms with Gasteiger partial charge in [0.05, 0.1) is 24.4 Å². The second-order valence-electron chi connectivity index (χ2n) is 8.47. The Morgan fingerprint density at radius 1 is 0.973 bits per heavy atom. The molecule has 1 unspecified atom stereocenters. The molecule has 9 nitrogen and oxygen atoms in total. The molecule has 0 fully saturated rings. The van der Waals surface area contributed by atoms with Crippen LogP contribution in [0.5, 0.6) is 0 Å². The predicted molar refractivity (Wildman–Crippen MR) is 138 cm³/mol. The smallest absolute Gasteiger partial charge is 0.407 e. The molecular weight excluding hydrogens is 494 g/mol. The molecule has 1 aliphatic carbocycles. The van der Waals surface area contributed by atoms with Crippen LogP contribution in [0, 0.1) is 0 Å². The van der Waals surface area contributed by atoms with Gasteiger partial charge in [-0.25, -0.2) is 14.6 Å². The number of aromatic nitrogens is 1. The summed E-state index contributed by atoms with van der Waals surface area (Å²) in [5.74, 6) is -1.29. The number of alkyl carbamates (subject to hydrolysis) is 1. The molecule has 0 bridgehead atoms. The molecular formula is C27H29N3O6S. The number of hydrogen-bond acceptors (Lipinski definition) is 8. The van der Waals surface area contributed by atoms with Crippen molar-refractivity contribution < 1.29 is 28.6 Å². The van der Waals surface area contributed by atoms with Crippen LogP contribution in [0.1, 0.15) is 29.7 Å². The summed E-state index contributed by atoms with van der Waals surface area (Å²) in [5.41, 5.74) is 6.70. The maximum absolute atomic E-state index is 13.0. The Balaban J connectivity index is 1.39. The van der Waals surface area contributed by atoms with Gasteiger partial charge in [-0.15, -0.1) is 11.3 Å². The number of rotatable bonds is 11. The summed E-state index contributed by atoms with van der Waals surface area (Å²) in [6, 6.07) is 14.0. The number of nitrogens with zero attached hydrogens (tertiary/aromatic N) is 1. The molecule has 2 amide bonds. The minimum absolute atomic E-state index is 0.108. The summed E-state index contributed by atoms with van der Waals surface area (Å²) < 4.78 is 15.8. The molecule has 3 aromatic rings. The molecule has 37 heavy (non-hydrogen) atoms. The molecule has 0 radical (unpaired) electrons. The van der Waals surface area contributed by atoms with Crippen LogP contribution in [0.25, 0.3) is 11.1 Å². The molecule has 10 heteroatoms. The number of fused-ring (bicyclic) bond motifs is 3. The number of nitrogens with one attached hydrogen (secondary N) is 2. The van der Waals surface area contributed by atoms with Crippen molar-refractivity contribution in [3.63, 3.8) is 0 Å². The summed E-state index contributed by atoms with van der Waals surface area (Å²) in [6.07, 6.45) is -0.593. The molecule has 2 atom stereocenters. The Bertz CT molecular complexity index is 1190. The lowest BCUT2D eigenvalue weighted by Gasteiger charge is -2.22. The molecule has 0 saturated heterocycles. The van der Waals surface area contributed by atoms with E-state index in [-0.39, 0.29) is 32.2 Å². The fourth-order valence-electron chi connectivity index (χ4n) is 4.39. The van der Waals surface area contributed by atoms with Crippen LogP contribution in [0.4, 0.5) is 4.79 Å². The zero-order valence-corrected chi connectivity index (χ0v) is 21.5. The number of carbonyl (C=O) groups excluding carboxylic acids is 3. The highest BCUT2D eigenvalue weighted by atomic mass is 32.1. The van der Waals surface area contributed by atoms with E-state index < -0.39 is 30.1 Å². The molecule has 0 spiro atoms. The zero-order chi connectivity index (χ0) is 26.2. The summed E-state index contributed by atoms with van der Waals surface area (Å²) >= 11 is 1.39. The predicted octanol–water partition coefficient (Wildman–Crippen LogP) is 3.29. The van der Waals surface area contributed by atoms with Crippen LogP contribution in [-0.4, -0.2) is 62.0 Å². The van der Waals surface area contributed by atoms with E-state index in [1.165, 1.54) is 18.4 Å². The summed E-state index contributed by atoms with van der Waals surface area (Å²) in [5, 5.41) is 7.01. The average Bonchev–Trinajstić information content (AvgIpc) is 3.53. The van der Waals surface area contributed by atoms with E-state index in [0.29, 0.717) is 5.69 Å². The van der Waals surface area contributed by atoms with Crippen molar-refractivity contribution in [2.24, 2.45) is 0 Å². The highest BCUT2D eigenvalue weighted by Crippen LogP contribution is 2.44. The van der Waals surface area contributed by atoms with Crippen molar-refractivity contribution in [1.82, 2.24) is 15.6 Å². The topological polar surface area (TPSA) is 116 Å². The van der Waals surface area contributed by atoms with Gasteiger partial charge in [0, 0.05) is 24.8 Å². The maximum Gasteiger partial charge on any atom is 0.407 e. The first-order valence-electron chi connectivity index (χ1n) is 12.0. The minimum atomic E-state index is -1.08. The van der Waals surface area contributed by atoms with Crippen molar-refractivity contribution in [2.75, 3.05) is 26.9 Å². The highest BCUT2D eigenvalue weighted by molar-refractivity contribution is 7.07. The van der Waals surface area contributed by atoms with E-state index in [1.54, 1.807) is 17.8 Å². The van der Waals surface area contributed by atoms with Crippen molar-refractivity contribution in [2.45, 2.75) is 31.3 Å². The number of ether oxygens (including phenoxy) is 3. The number of carbonyl (C=O) groups is 3. The Labute approximate surface area is 219 Å². The molecule has 2 aromatic carbocycles. The average molecular weight is 524 g/mol. The van der Waals surface area contributed by atoms with Gasteiger partial charge in [-0.2, -0.15) is 0 Å². The van der Waals surface area contributed by atoms with Crippen LogP contribution in [0.2, 0.25) is 0 Å². The second kappa shape index (κ2) is 12.5. The third kappa shape index (κ3) is 6.33. The third-order valence-corrected chi connectivity index (χ3v) is 6.71. The Morgan fingerprint density at radius 2 is 1.65 bits per heavy atom. The minimum Gasteiger partial charge on any atom is -0.464 e. The van der Waals surface area contributed by atoms with E-state index in [4.69, 9.17) is 14.2 Å². The summed E-state index contributed by atoms with van der Waals surface area (Å²) in [7, 11) is 1.41. The number of amides is 2. The van der Waals surface area contributed by atoms with Gasteiger partial charge in [0.25, 0.3) is 0 Å². The maximum atomic E-state index is 13.0. The van der Waals surface area contributed by atoms with Crippen molar-refractivity contribution in [3.05, 3.63) is 76.2 Å². The number of hydrogen-bond donors (Lipinski definition) is 2. The molecule has 0 aliphatic heterocycles. The Kier molecular flexibility index (Phi) is 8.86. The lowest BCUT2D eigenvalue weighted by molar-refractivity contribution is -0.147. The van der Waals surface area contributed by atoms with Crippen molar-refractivity contribution in [3.8, 4) is 11.1 Å². The van der Waals surface area contributed by atoms with Crippen molar-refractivity contribution >= 4 is 29.3 Å². The van der Waals surface area contributed by atoms with Crippen LogP contribution in [0.15, 0.2) is 59.4 Å². The van der Waals surface area contributed by atoms with Gasteiger partial charge in [0.1, 0.15) is 18.7 Å². The monoisotopic (exact) mass is 523 g/mol. The lowest BCUT2D eigenvalue weighted by atomic mass is 9.98. The van der Waals surface area contributed by atoms with Crippen molar-refractivity contribution in [1.29, 1.82) is 0 Å².